The summed E-state index contributed by atoms with van der Waals surface area (Å²) in [5.74, 6) is 1.06. The first-order chi connectivity index (χ1) is 10.2. The third-order valence-corrected chi connectivity index (χ3v) is 4.22. The van der Waals surface area contributed by atoms with E-state index in [1.165, 1.54) is 31.5 Å². The Morgan fingerprint density at radius 1 is 1.38 bits per heavy atom. The molecule has 0 saturated carbocycles. The molecule has 2 aromatic rings. The number of furan rings is 1. The minimum atomic E-state index is 0.333. The molecule has 1 N–H and O–H groups in total. The molecule has 0 spiro atoms. The van der Waals surface area contributed by atoms with Crippen LogP contribution in [0.1, 0.15) is 35.9 Å². The number of nitrogens with zero attached hydrogens (tertiary/aromatic N) is 3. The Labute approximate surface area is 125 Å². The third kappa shape index (κ3) is 3.36. The van der Waals surface area contributed by atoms with Gasteiger partial charge in [0.25, 0.3) is 0 Å². The molecule has 1 atom stereocenters. The second-order valence-corrected chi connectivity index (χ2v) is 5.82. The van der Waals surface area contributed by atoms with Crippen LogP contribution in [-0.2, 0) is 13.6 Å². The van der Waals surface area contributed by atoms with Crippen molar-refractivity contribution in [1.82, 2.24) is 20.0 Å². The number of aryl methyl sites for hydroxylation is 2. The molecule has 1 fully saturated rings. The van der Waals surface area contributed by atoms with Gasteiger partial charge in [-0.1, -0.05) is 0 Å². The summed E-state index contributed by atoms with van der Waals surface area (Å²) in [7, 11) is 1.96. The molecule has 0 amide bonds. The van der Waals surface area contributed by atoms with Crippen molar-refractivity contribution >= 4 is 0 Å². The molecule has 5 heteroatoms. The minimum Gasteiger partial charge on any atom is -0.468 e. The second-order valence-electron chi connectivity index (χ2n) is 5.82. The van der Waals surface area contributed by atoms with Crippen LogP contribution in [0.5, 0.6) is 0 Å². The molecular formula is C16H24N4O. The molecule has 3 heterocycles. The molecule has 3 rings (SSSR count). The van der Waals surface area contributed by atoms with E-state index in [4.69, 9.17) is 4.42 Å². The normalized spacial score (nSPS) is 17.4. The molecule has 2 aromatic heterocycles. The molecule has 114 valence electrons. The maximum atomic E-state index is 5.64. The Hall–Kier alpha value is -1.59. The van der Waals surface area contributed by atoms with Gasteiger partial charge in [0.05, 0.1) is 18.0 Å². The van der Waals surface area contributed by atoms with Gasteiger partial charge in [0.1, 0.15) is 5.76 Å². The average molecular weight is 288 g/mol. The Morgan fingerprint density at radius 3 is 2.81 bits per heavy atom. The first-order valence-corrected chi connectivity index (χ1v) is 7.71. The average Bonchev–Trinajstić information content (AvgIpc) is 3.17. The summed E-state index contributed by atoms with van der Waals surface area (Å²) < 4.78 is 7.51. The van der Waals surface area contributed by atoms with E-state index >= 15 is 0 Å². The van der Waals surface area contributed by atoms with Gasteiger partial charge in [-0.15, -0.1) is 0 Å². The minimum absolute atomic E-state index is 0.333. The van der Waals surface area contributed by atoms with Crippen LogP contribution >= 0.6 is 0 Å². The molecule has 0 radical (unpaired) electrons. The van der Waals surface area contributed by atoms with Gasteiger partial charge in [-0.3, -0.25) is 9.58 Å². The summed E-state index contributed by atoms with van der Waals surface area (Å²) >= 11 is 0. The second kappa shape index (κ2) is 6.45. The third-order valence-electron chi connectivity index (χ3n) is 4.22. The Morgan fingerprint density at radius 2 is 2.19 bits per heavy atom. The van der Waals surface area contributed by atoms with Gasteiger partial charge in [-0.2, -0.15) is 5.10 Å². The van der Waals surface area contributed by atoms with Gasteiger partial charge < -0.3 is 9.73 Å². The van der Waals surface area contributed by atoms with E-state index in [-0.39, 0.29) is 0 Å². The van der Waals surface area contributed by atoms with Crippen LogP contribution in [0.4, 0.5) is 0 Å². The zero-order valence-corrected chi connectivity index (χ0v) is 12.9. The smallest absolute Gasteiger partial charge is 0.122 e. The van der Waals surface area contributed by atoms with E-state index in [1.807, 2.05) is 17.8 Å². The fourth-order valence-corrected chi connectivity index (χ4v) is 3.11. The fourth-order valence-electron chi connectivity index (χ4n) is 3.11. The van der Waals surface area contributed by atoms with E-state index in [0.717, 1.165) is 24.5 Å². The topological polar surface area (TPSA) is 46.2 Å². The molecular weight excluding hydrogens is 264 g/mol. The largest absolute Gasteiger partial charge is 0.468 e. The van der Waals surface area contributed by atoms with Gasteiger partial charge >= 0.3 is 0 Å². The van der Waals surface area contributed by atoms with Crippen LogP contribution in [-0.4, -0.2) is 34.3 Å². The quantitative estimate of drug-likeness (QED) is 0.885. The lowest BCUT2D eigenvalue weighted by atomic mass is 10.2. The van der Waals surface area contributed by atoms with E-state index in [9.17, 15) is 0 Å². The highest BCUT2D eigenvalue weighted by atomic mass is 16.3. The molecule has 0 bridgehead atoms. The van der Waals surface area contributed by atoms with E-state index in [1.54, 1.807) is 6.26 Å². The molecule has 1 unspecified atom stereocenters. The first-order valence-electron chi connectivity index (χ1n) is 7.71. The van der Waals surface area contributed by atoms with Crippen LogP contribution < -0.4 is 5.32 Å². The maximum absolute atomic E-state index is 5.64. The van der Waals surface area contributed by atoms with E-state index in [0.29, 0.717) is 6.04 Å². The van der Waals surface area contributed by atoms with Crippen molar-refractivity contribution < 1.29 is 4.42 Å². The number of likely N-dealkylation sites (tertiary alicyclic amines) is 1. The maximum Gasteiger partial charge on any atom is 0.122 e. The van der Waals surface area contributed by atoms with Crippen molar-refractivity contribution in [3.8, 4) is 0 Å². The van der Waals surface area contributed by atoms with Gasteiger partial charge in [0.2, 0.25) is 0 Å². The van der Waals surface area contributed by atoms with Crippen LogP contribution in [0.25, 0.3) is 0 Å². The lowest BCUT2D eigenvalue weighted by molar-refractivity contribution is 0.209. The molecule has 1 aliphatic rings. The Bertz CT molecular complexity index is 555. The Kier molecular flexibility index (Phi) is 4.41. The van der Waals surface area contributed by atoms with E-state index in [2.05, 4.69) is 34.5 Å². The molecule has 21 heavy (non-hydrogen) atoms. The number of nitrogens with one attached hydrogen (secondary N) is 1. The zero-order chi connectivity index (χ0) is 14.7. The van der Waals surface area contributed by atoms with Crippen LogP contribution in [0.3, 0.4) is 0 Å². The highest BCUT2D eigenvalue weighted by Crippen LogP contribution is 2.25. The summed E-state index contributed by atoms with van der Waals surface area (Å²) in [4.78, 5) is 2.52. The summed E-state index contributed by atoms with van der Waals surface area (Å²) in [5.41, 5.74) is 2.36. The van der Waals surface area contributed by atoms with Crippen molar-refractivity contribution in [3.05, 3.63) is 41.6 Å². The van der Waals surface area contributed by atoms with Crippen LogP contribution in [0, 0.1) is 6.92 Å². The molecule has 0 aliphatic carbocycles. The van der Waals surface area contributed by atoms with Crippen molar-refractivity contribution in [2.45, 2.75) is 32.4 Å². The van der Waals surface area contributed by atoms with Crippen molar-refractivity contribution in [1.29, 1.82) is 0 Å². The van der Waals surface area contributed by atoms with Gasteiger partial charge in [-0.05, 0) is 45.0 Å². The number of rotatable bonds is 6. The van der Waals surface area contributed by atoms with E-state index < -0.39 is 0 Å². The highest BCUT2D eigenvalue weighted by Gasteiger charge is 2.25. The summed E-state index contributed by atoms with van der Waals surface area (Å²) in [6.07, 6.45) is 6.43. The van der Waals surface area contributed by atoms with Gasteiger partial charge in [-0.25, -0.2) is 0 Å². The number of hydrogen-bond donors (Lipinski definition) is 1. The van der Waals surface area contributed by atoms with Gasteiger partial charge in [0, 0.05) is 31.9 Å². The highest BCUT2D eigenvalue weighted by molar-refractivity contribution is 5.15. The van der Waals surface area contributed by atoms with Crippen LogP contribution in [0.15, 0.2) is 29.0 Å². The summed E-state index contributed by atoms with van der Waals surface area (Å²) in [5, 5.41) is 7.95. The molecule has 1 saturated heterocycles. The first kappa shape index (κ1) is 14.4. The van der Waals surface area contributed by atoms with Crippen molar-refractivity contribution in [2.75, 3.05) is 19.6 Å². The molecule has 5 nitrogen and oxygen atoms in total. The lowest BCUT2D eigenvalue weighted by Gasteiger charge is -2.26. The van der Waals surface area contributed by atoms with Crippen molar-refractivity contribution in [3.63, 3.8) is 0 Å². The predicted octanol–water partition coefficient (Wildman–Crippen LogP) is 2.25. The molecule has 0 aromatic carbocycles. The lowest BCUT2D eigenvalue weighted by Crippen LogP contribution is -2.33. The number of hydrogen-bond acceptors (Lipinski definition) is 4. The van der Waals surface area contributed by atoms with Crippen LogP contribution in [0.2, 0.25) is 0 Å². The predicted molar refractivity (Wildman–Crippen MR) is 81.9 cm³/mol. The zero-order valence-electron chi connectivity index (χ0n) is 12.9. The standard InChI is InChI=1S/C16H24N4O/c1-13-14(12-19(2)18-13)10-17-11-15(16-6-5-9-21-16)20-7-3-4-8-20/h5-6,9,12,15,17H,3-4,7-8,10-11H2,1-2H3. The number of aromatic nitrogens is 2. The summed E-state index contributed by atoms with van der Waals surface area (Å²) in [6, 6.07) is 4.39. The SMILES string of the molecule is Cc1nn(C)cc1CNCC(c1ccco1)N1CCCC1. The molecule has 1 aliphatic heterocycles. The Balaban J connectivity index is 1.61. The monoisotopic (exact) mass is 288 g/mol. The van der Waals surface area contributed by atoms with Crippen molar-refractivity contribution in [2.24, 2.45) is 7.05 Å². The summed E-state index contributed by atoms with van der Waals surface area (Å²) in [6.45, 7) is 6.14. The van der Waals surface area contributed by atoms with Gasteiger partial charge in [0.15, 0.2) is 0 Å². The fraction of sp³-hybridized carbons (Fsp3) is 0.562.